The Morgan fingerprint density at radius 3 is 2.48 bits per heavy atom. The van der Waals surface area contributed by atoms with E-state index in [4.69, 9.17) is 9.47 Å². The fraction of sp³-hybridized carbons (Fsp3) is 0.400. The van der Waals surface area contributed by atoms with Crippen molar-refractivity contribution in [3.05, 3.63) is 34.9 Å². The van der Waals surface area contributed by atoms with Gasteiger partial charge in [0.15, 0.2) is 0 Å². The van der Waals surface area contributed by atoms with Crippen LogP contribution in [0.5, 0.6) is 0 Å². The first-order valence-electron chi connectivity index (χ1n) is 6.58. The third-order valence-corrected chi connectivity index (χ3v) is 2.75. The molecule has 6 nitrogen and oxygen atoms in total. The quantitative estimate of drug-likeness (QED) is 0.773. The first kappa shape index (κ1) is 16.7. The van der Waals surface area contributed by atoms with Crippen LogP contribution in [-0.4, -0.2) is 29.6 Å². The van der Waals surface area contributed by atoms with Crippen molar-refractivity contribution in [1.82, 2.24) is 0 Å². The fourth-order valence-electron chi connectivity index (χ4n) is 1.79. The SMILES string of the molecule is CCOC(=O)CCc1ccc(COC(C)=O)cc1C(=O)O. The Balaban J connectivity index is 2.81. The van der Waals surface area contributed by atoms with E-state index in [-0.39, 0.29) is 31.0 Å². The number of esters is 2. The van der Waals surface area contributed by atoms with Crippen molar-refractivity contribution in [3.63, 3.8) is 0 Å². The van der Waals surface area contributed by atoms with Gasteiger partial charge in [-0.1, -0.05) is 12.1 Å². The van der Waals surface area contributed by atoms with E-state index in [2.05, 4.69) is 0 Å². The summed E-state index contributed by atoms with van der Waals surface area (Å²) >= 11 is 0. The van der Waals surface area contributed by atoms with Gasteiger partial charge in [0.05, 0.1) is 12.2 Å². The third kappa shape index (κ3) is 5.64. The summed E-state index contributed by atoms with van der Waals surface area (Å²) in [6.45, 7) is 3.32. The molecule has 0 aromatic heterocycles. The molecular formula is C15H18O6. The first-order chi connectivity index (χ1) is 9.93. The van der Waals surface area contributed by atoms with Crippen LogP contribution in [0.15, 0.2) is 18.2 Å². The maximum Gasteiger partial charge on any atom is 0.335 e. The highest BCUT2D eigenvalue weighted by molar-refractivity contribution is 5.89. The van der Waals surface area contributed by atoms with E-state index < -0.39 is 11.9 Å². The Labute approximate surface area is 122 Å². The second-order valence-corrected chi connectivity index (χ2v) is 4.38. The van der Waals surface area contributed by atoms with Crippen molar-refractivity contribution in [2.45, 2.75) is 33.3 Å². The molecule has 0 saturated carbocycles. The Morgan fingerprint density at radius 1 is 1.19 bits per heavy atom. The van der Waals surface area contributed by atoms with Crippen LogP contribution < -0.4 is 0 Å². The van der Waals surface area contributed by atoms with E-state index in [0.29, 0.717) is 17.7 Å². The largest absolute Gasteiger partial charge is 0.478 e. The van der Waals surface area contributed by atoms with Crippen LogP contribution in [0, 0.1) is 0 Å². The van der Waals surface area contributed by atoms with Gasteiger partial charge in [0.25, 0.3) is 0 Å². The van der Waals surface area contributed by atoms with E-state index in [1.807, 2.05) is 0 Å². The van der Waals surface area contributed by atoms with Gasteiger partial charge in [0, 0.05) is 13.3 Å². The van der Waals surface area contributed by atoms with Gasteiger partial charge < -0.3 is 14.6 Å². The second-order valence-electron chi connectivity index (χ2n) is 4.38. The zero-order chi connectivity index (χ0) is 15.8. The van der Waals surface area contributed by atoms with Crippen LogP contribution in [0.4, 0.5) is 0 Å². The van der Waals surface area contributed by atoms with E-state index in [0.717, 1.165) is 0 Å². The number of carbonyl (C=O) groups is 3. The smallest absolute Gasteiger partial charge is 0.335 e. The standard InChI is InChI=1S/C15H18O6/c1-3-20-14(17)7-6-12-5-4-11(9-21-10(2)16)8-13(12)15(18)19/h4-5,8H,3,6-7,9H2,1-2H3,(H,18,19). The molecule has 0 bridgehead atoms. The predicted octanol–water partition coefficient (Wildman–Crippen LogP) is 1.94. The number of hydrogen-bond acceptors (Lipinski definition) is 5. The number of carbonyl (C=O) groups excluding carboxylic acids is 2. The number of carboxylic acid groups (broad SMARTS) is 1. The number of hydrogen-bond donors (Lipinski definition) is 1. The van der Waals surface area contributed by atoms with E-state index in [9.17, 15) is 19.5 Å². The van der Waals surface area contributed by atoms with Gasteiger partial charge in [-0.25, -0.2) is 4.79 Å². The van der Waals surface area contributed by atoms with Crippen molar-refractivity contribution in [3.8, 4) is 0 Å². The number of ether oxygens (including phenoxy) is 2. The Morgan fingerprint density at radius 2 is 1.90 bits per heavy atom. The van der Waals surface area contributed by atoms with Crippen LogP contribution >= 0.6 is 0 Å². The number of aryl methyl sites for hydroxylation is 1. The second kappa shape index (κ2) is 8.04. The van der Waals surface area contributed by atoms with E-state index in [1.165, 1.54) is 13.0 Å². The zero-order valence-electron chi connectivity index (χ0n) is 12.0. The van der Waals surface area contributed by atoms with Gasteiger partial charge >= 0.3 is 17.9 Å². The summed E-state index contributed by atoms with van der Waals surface area (Å²) in [4.78, 5) is 33.3. The fourth-order valence-corrected chi connectivity index (χ4v) is 1.79. The minimum Gasteiger partial charge on any atom is -0.478 e. The summed E-state index contributed by atoms with van der Waals surface area (Å²) in [5, 5.41) is 9.21. The van der Waals surface area contributed by atoms with Gasteiger partial charge in [0.2, 0.25) is 0 Å². The molecule has 21 heavy (non-hydrogen) atoms. The summed E-state index contributed by atoms with van der Waals surface area (Å²) in [5.41, 5.74) is 1.23. The first-order valence-corrected chi connectivity index (χ1v) is 6.58. The summed E-state index contributed by atoms with van der Waals surface area (Å²) in [6, 6.07) is 4.75. The van der Waals surface area contributed by atoms with Crippen LogP contribution in [-0.2, 0) is 32.1 Å². The molecule has 0 aliphatic carbocycles. The minimum absolute atomic E-state index is 0.0216. The lowest BCUT2D eigenvalue weighted by Gasteiger charge is -2.09. The topological polar surface area (TPSA) is 89.9 Å². The third-order valence-electron chi connectivity index (χ3n) is 2.75. The molecule has 0 aliphatic heterocycles. The molecular weight excluding hydrogens is 276 g/mol. The molecule has 1 rings (SSSR count). The van der Waals surface area contributed by atoms with Gasteiger partial charge in [-0.2, -0.15) is 0 Å². The Bertz CT molecular complexity index is 535. The summed E-state index contributed by atoms with van der Waals surface area (Å²) < 4.78 is 9.64. The van der Waals surface area contributed by atoms with Gasteiger partial charge in [-0.3, -0.25) is 9.59 Å². The molecule has 1 N–H and O–H groups in total. The summed E-state index contributed by atoms with van der Waals surface area (Å²) in [5.74, 6) is -1.88. The average molecular weight is 294 g/mol. The molecule has 0 spiro atoms. The van der Waals surface area contributed by atoms with Crippen molar-refractivity contribution in [2.24, 2.45) is 0 Å². The number of carboxylic acids is 1. The lowest BCUT2D eigenvalue weighted by atomic mass is 10.0. The average Bonchev–Trinajstić information content (AvgIpc) is 2.43. The lowest BCUT2D eigenvalue weighted by Crippen LogP contribution is -2.09. The molecule has 0 radical (unpaired) electrons. The molecule has 0 amide bonds. The Kier molecular flexibility index (Phi) is 6.39. The normalized spacial score (nSPS) is 10.0. The molecule has 0 atom stereocenters. The van der Waals surface area contributed by atoms with Crippen LogP contribution in [0.3, 0.4) is 0 Å². The van der Waals surface area contributed by atoms with Crippen molar-refractivity contribution in [1.29, 1.82) is 0 Å². The molecule has 0 aliphatic rings. The maximum absolute atomic E-state index is 11.3. The number of rotatable bonds is 7. The van der Waals surface area contributed by atoms with Gasteiger partial charge in [0.1, 0.15) is 6.61 Å². The number of benzene rings is 1. The highest BCUT2D eigenvalue weighted by Crippen LogP contribution is 2.15. The molecule has 0 fully saturated rings. The van der Waals surface area contributed by atoms with Crippen LogP contribution in [0.25, 0.3) is 0 Å². The van der Waals surface area contributed by atoms with Crippen molar-refractivity contribution >= 4 is 17.9 Å². The van der Waals surface area contributed by atoms with Gasteiger partial charge in [-0.15, -0.1) is 0 Å². The van der Waals surface area contributed by atoms with Crippen LogP contribution in [0.2, 0.25) is 0 Å². The summed E-state index contributed by atoms with van der Waals surface area (Å²) in [6.07, 6.45) is 0.408. The molecule has 114 valence electrons. The van der Waals surface area contributed by atoms with Crippen molar-refractivity contribution in [2.75, 3.05) is 6.61 Å². The molecule has 0 saturated heterocycles. The molecule has 1 aromatic rings. The number of aromatic carboxylic acids is 1. The molecule has 6 heteroatoms. The Hall–Kier alpha value is -2.37. The van der Waals surface area contributed by atoms with E-state index in [1.54, 1.807) is 19.1 Å². The molecule has 1 aromatic carbocycles. The summed E-state index contributed by atoms with van der Waals surface area (Å²) in [7, 11) is 0. The van der Waals surface area contributed by atoms with Crippen LogP contribution in [0.1, 0.15) is 41.8 Å². The minimum atomic E-state index is -1.08. The van der Waals surface area contributed by atoms with Crippen molar-refractivity contribution < 1.29 is 29.0 Å². The predicted molar refractivity (Wildman–Crippen MR) is 73.8 cm³/mol. The molecule has 0 heterocycles. The highest BCUT2D eigenvalue weighted by Gasteiger charge is 2.13. The highest BCUT2D eigenvalue weighted by atomic mass is 16.5. The molecule has 0 unspecified atom stereocenters. The maximum atomic E-state index is 11.3. The van der Waals surface area contributed by atoms with Gasteiger partial charge in [-0.05, 0) is 30.5 Å². The lowest BCUT2D eigenvalue weighted by molar-refractivity contribution is -0.143. The zero-order valence-corrected chi connectivity index (χ0v) is 12.0. The van der Waals surface area contributed by atoms with E-state index >= 15 is 0 Å². The monoisotopic (exact) mass is 294 g/mol.